The van der Waals surface area contributed by atoms with Crippen molar-refractivity contribution in [3.63, 3.8) is 0 Å². The highest BCUT2D eigenvalue weighted by Crippen LogP contribution is 2.35. The number of thioether (sulfide) groups is 1. The SMILES string of the molecule is CC(=O)N(c1nc(CSc2nc3nc(C)cc(C)n3n2)cs1)c1c(C)cc(C)cc1C. The molecule has 0 radical (unpaired) electrons. The number of anilines is 2. The average Bonchev–Trinajstić information content (AvgIpc) is 3.29. The van der Waals surface area contributed by atoms with Crippen LogP contribution in [0.25, 0.3) is 5.78 Å². The van der Waals surface area contributed by atoms with Crippen molar-refractivity contribution < 1.29 is 4.79 Å². The van der Waals surface area contributed by atoms with Crippen LogP contribution in [-0.4, -0.2) is 30.5 Å². The van der Waals surface area contributed by atoms with Gasteiger partial charge in [-0.1, -0.05) is 29.5 Å². The van der Waals surface area contributed by atoms with Crippen molar-refractivity contribution in [2.24, 2.45) is 0 Å². The monoisotopic (exact) mass is 452 g/mol. The lowest BCUT2D eigenvalue weighted by Gasteiger charge is -2.23. The van der Waals surface area contributed by atoms with Crippen LogP contribution in [0, 0.1) is 34.6 Å². The number of fused-ring (bicyclic) bond motifs is 1. The number of hydrogen-bond donors (Lipinski definition) is 0. The van der Waals surface area contributed by atoms with Crippen molar-refractivity contribution in [2.75, 3.05) is 4.90 Å². The fraction of sp³-hybridized carbons (Fsp3) is 0.318. The molecule has 9 heteroatoms. The fourth-order valence-electron chi connectivity index (χ4n) is 3.73. The molecule has 0 atom stereocenters. The third-order valence-electron chi connectivity index (χ3n) is 4.85. The summed E-state index contributed by atoms with van der Waals surface area (Å²) >= 11 is 2.98. The Balaban J connectivity index is 1.57. The van der Waals surface area contributed by atoms with Crippen LogP contribution in [-0.2, 0) is 10.5 Å². The lowest BCUT2D eigenvalue weighted by atomic mass is 10.0. The van der Waals surface area contributed by atoms with Crippen LogP contribution in [0.1, 0.15) is 40.7 Å². The molecular formula is C22H24N6OS2. The second-order valence-corrected chi connectivity index (χ2v) is 9.44. The minimum atomic E-state index is -0.0532. The maximum atomic E-state index is 12.5. The summed E-state index contributed by atoms with van der Waals surface area (Å²) in [5.74, 6) is 1.16. The molecular weight excluding hydrogens is 428 g/mol. The maximum Gasteiger partial charge on any atom is 0.253 e. The zero-order valence-electron chi connectivity index (χ0n) is 18.4. The van der Waals surface area contributed by atoms with Crippen molar-refractivity contribution in [3.8, 4) is 0 Å². The molecule has 0 aliphatic carbocycles. The number of nitrogens with zero attached hydrogens (tertiary/aromatic N) is 6. The summed E-state index contributed by atoms with van der Waals surface area (Å²) in [5, 5.41) is 7.85. The lowest BCUT2D eigenvalue weighted by Crippen LogP contribution is -2.24. The van der Waals surface area contributed by atoms with Crippen LogP contribution in [0.5, 0.6) is 0 Å². The highest BCUT2D eigenvalue weighted by Gasteiger charge is 2.22. The first kappa shape index (κ1) is 21.5. The molecule has 1 amide bonds. The Bertz CT molecular complexity index is 1270. The van der Waals surface area contributed by atoms with E-state index in [0.29, 0.717) is 21.8 Å². The van der Waals surface area contributed by atoms with Crippen LogP contribution < -0.4 is 4.90 Å². The Morgan fingerprint density at radius 1 is 1.06 bits per heavy atom. The summed E-state index contributed by atoms with van der Waals surface area (Å²) in [6.45, 7) is 11.6. The van der Waals surface area contributed by atoms with Gasteiger partial charge in [0, 0.05) is 29.4 Å². The summed E-state index contributed by atoms with van der Waals surface area (Å²) in [7, 11) is 0. The molecule has 7 nitrogen and oxygen atoms in total. The Morgan fingerprint density at radius 2 is 1.77 bits per heavy atom. The van der Waals surface area contributed by atoms with E-state index in [2.05, 4.69) is 34.1 Å². The van der Waals surface area contributed by atoms with Crippen LogP contribution in [0.2, 0.25) is 0 Å². The summed E-state index contributed by atoms with van der Waals surface area (Å²) in [4.78, 5) is 27.9. The van der Waals surface area contributed by atoms with Gasteiger partial charge in [-0.3, -0.25) is 9.69 Å². The second-order valence-electron chi connectivity index (χ2n) is 7.66. The van der Waals surface area contributed by atoms with E-state index in [0.717, 1.165) is 33.9 Å². The van der Waals surface area contributed by atoms with Crippen molar-refractivity contribution in [1.82, 2.24) is 24.6 Å². The summed E-state index contributed by atoms with van der Waals surface area (Å²) in [6, 6.07) is 6.17. The molecule has 0 fully saturated rings. The predicted octanol–water partition coefficient (Wildman–Crippen LogP) is 5.10. The first-order valence-corrected chi connectivity index (χ1v) is 11.8. The number of amides is 1. The number of carbonyl (C=O) groups is 1. The van der Waals surface area contributed by atoms with E-state index in [1.165, 1.54) is 28.7 Å². The standard InChI is InChI=1S/C22H24N6OS2/c1-12-7-13(2)19(14(3)8-12)27(17(6)29)22-24-18(11-31-22)10-30-21-25-20-23-15(4)9-16(5)28(20)26-21/h7-9,11H,10H2,1-6H3. The molecule has 0 N–H and O–H groups in total. The Labute approximate surface area is 189 Å². The van der Waals surface area contributed by atoms with E-state index in [1.54, 1.807) is 16.3 Å². The molecule has 3 aromatic heterocycles. The number of aromatic nitrogens is 5. The first-order valence-electron chi connectivity index (χ1n) is 9.89. The van der Waals surface area contributed by atoms with E-state index in [1.807, 2.05) is 39.1 Å². The molecule has 0 saturated heterocycles. The number of carbonyl (C=O) groups excluding carboxylic acids is 1. The van der Waals surface area contributed by atoms with Crippen LogP contribution >= 0.6 is 23.1 Å². The summed E-state index contributed by atoms with van der Waals surface area (Å²) in [6.07, 6.45) is 0. The number of rotatable bonds is 5. The fourth-order valence-corrected chi connectivity index (χ4v) is 5.41. The van der Waals surface area contributed by atoms with E-state index in [-0.39, 0.29) is 5.91 Å². The van der Waals surface area contributed by atoms with Gasteiger partial charge in [0.05, 0.1) is 11.4 Å². The Morgan fingerprint density at radius 3 is 2.45 bits per heavy atom. The largest absolute Gasteiger partial charge is 0.274 e. The van der Waals surface area contributed by atoms with E-state index >= 15 is 0 Å². The van der Waals surface area contributed by atoms with Crippen LogP contribution in [0.3, 0.4) is 0 Å². The number of aryl methyl sites for hydroxylation is 5. The minimum absolute atomic E-state index is 0.0532. The van der Waals surface area contributed by atoms with Gasteiger partial charge in [0.25, 0.3) is 5.78 Å². The normalized spacial score (nSPS) is 11.3. The maximum absolute atomic E-state index is 12.5. The predicted molar refractivity (Wildman–Crippen MR) is 125 cm³/mol. The van der Waals surface area contributed by atoms with E-state index in [9.17, 15) is 4.79 Å². The second kappa shape index (κ2) is 8.39. The quantitative estimate of drug-likeness (QED) is 0.392. The molecule has 4 rings (SSSR count). The third-order valence-corrected chi connectivity index (χ3v) is 6.60. The molecule has 3 heterocycles. The molecule has 0 bridgehead atoms. The average molecular weight is 453 g/mol. The molecule has 0 spiro atoms. The topological polar surface area (TPSA) is 76.3 Å². The van der Waals surface area contributed by atoms with Crippen LogP contribution in [0.15, 0.2) is 28.7 Å². The highest BCUT2D eigenvalue weighted by molar-refractivity contribution is 7.98. The zero-order chi connectivity index (χ0) is 22.3. The number of thiazole rings is 1. The van der Waals surface area contributed by atoms with Gasteiger partial charge in [-0.2, -0.15) is 4.98 Å². The molecule has 0 aliphatic rings. The number of hydrogen-bond acceptors (Lipinski definition) is 7. The summed E-state index contributed by atoms with van der Waals surface area (Å²) in [5.41, 5.74) is 7.02. The molecule has 0 unspecified atom stereocenters. The van der Waals surface area contributed by atoms with Gasteiger partial charge in [0.15, 0.2) is 5.13 Å². The van der Waals surface area contributed by atoms with Gasteiger partial charge in [-0.25, -0.2) is 14.5 Å². The van der Waals surface area contributed by atoms with Crippen molar-refractivity contribution in [3.05, 3.63) is 57.4 Å². The van der Waals surface area contributed by atoms with Crippen molar-refractivity contribution >= 4 is 45.6 Å². The smallest absolute Gasteiger partial charge is 0.253 e. The Kier molecular flexibility index (Phi) is 5.81. The van der Waals surface area contributed by atoms with Gasteiger partial charge in [-0.05, 0) is 51.8 Å². The van der Waals surface area contributed by atoms with E-state index < -0.39 is 0 Å². The summed E-state index contributed by atoms with van der Waals surface area (Å²) < 4.78 is 1.75. The van der Waals surface area contributed by atoms with Crippen molar-refractivity contribution in [1.29, 1.82) is 0 Å². The molecule has 0 aliphatic heterocycles. The molecule has 4 aromatic rings. The lowest BCUT2D eigenvalue weighted by molar-refractivity contribution is -0.115. The third kappa shape index (κ3) is 4.33. The molecule has 31 heavy (non-hydrogen) atoms. The Hall–Kier alpha value is -2.78. The van der Waals surface area contributed by atoms with Gasteiger partial charge in [0.1, 0.15) is 0 Å². The molecule has 1 aromatic carbocycles. The first-order chi connectivity index (χ1) is 14.7. The highest BCUT2D eigenvalue weighted by atomic mass is 32.2. The van der Waals surface area contributed by atoms with Crippen LogP contribution in [0.4, 0.5) is 10.8 Å². The van der Waals surface area contributed by atoms with Gasteiger partial charge in [-0.15, -0.1) is 16.4 Å². The van der Waals surface area contributed by atoms with E-state index in [4.69, 9.17) is 4.98 Å². The number of benzene rings is 1. The van der Waals surface area contributed by atoms with Gasteiger partial charge >= 0.3 is 0 Å². The van der Waals surface area contributed by atoms with Gasteiger partial charge < -0.3 is 0 Å². The molecule has 160 valence electrons. The van der Waals surface area contributed by atoms with Gasteiger partial charge in [0.2, 0.25) is 11.1 Å². The molecule has 0 saturated carbocycles. The van der Waals surface area contributed by atoms with Crippen molar-refractivity contribution in [2.45, 2.75) is 52.5 Å². The zero-order valence-corrected chi connectivity index (χ0v) is 20.1. The minimum Gasteiger partial charge on any atom is -0.274 e.